The van der Waals surface area contributed by atoms with E-state index >= 15 is 0 Å². The topological polar surface area (TPSA) is 115 Å². The average molecular weight is 375 g/mol. The van der Waals surface area contributed by atoms with Crippen LogP contribution >= 0.6 is 0 Å². The number of halogens is 2. The summed E-state index contributed by atoms with van der Waals surface area (Å²) < 4.78 is 39.4. The molecule has 1 unspecified atom stereocenters. The van der Waals surface area contributed by atoms with Crippen molar-refractivity contribution in [2.75, 3.05) is 25.3 Å². The number of nitrogens with one attached hydrogen (secondary N) is 1. The van der Waals surface area contributed by atoms with Gasteiger partial charge >= 0.3 is 5.97 Å². The van der Waals surface area contributed by atoms with Crippen molar-refractivity contribution in [3.63, 3.8) is 0 Å². The molecule has 2 heterocycles. The van der Waals surface area contributed by atoms with Crippen LogP contribution < -0.4 is 11.1 Å². The summed E-state index contributed by atoms with van der Waals surface area (Å²) in [7, 11) is 0. The van der Waals surface area contributed by atoms with Gasteiger partial charge in [-0.25, -0.2) is 18.3 Å². The number of rotatable bonds is 6. The first-order valence-electron chi connectivity index (χ1n) is 7.91. The van der Waals surface area contributed by atoms with Crippen molar-refractivity contribution in [2.45, 2.75) is 6.04 Å². The Hall–Kier alpha value is -3.29. The molecule has 1 aromatic carbocycles. The zero-order valence-corrected chi connectivity index (χ0v) is 14.0. The van der Waals surface area contributed by atoms with E-state index in [1.807, 2.05) is 6.07 Å². The predicted octanol–water partition coefficient (Wildman–Crippen LogP) is 1.41. The monoisotopic (exact) mass is 375 g/mol. The summed E-state index contributed by atoms with van der Waals surface area (Å²) in [5.41, 5.74) is 5.31. The van der Waals surface area contributed by atoms with Gasteiger partial charge in [0.1, 0.15) is 23.5 Å². The second-order valence-corrected chi connectivity index (χ2v) is 5.50. The third-order valence-corrected chi connectivity index (χ3v) is 3.87. The van der Waals surface area contributed by atoms with Crippen LogP contribution in [0.3, 0.4) is 0 Å². The van der Waals surface area contributed by atoms with E-state index in [9.17, 15) is 13.6 Å². The van der Waals surface area contributed by atoms with Gasteiger partial charge in [0.05, 0.1) is 18.4 Å². The van der Waals surface area contributed by atoms with Gasteiger partial charge in [-0.3, -0.25) is 0 Å². The van der Waals surface area contributed by atoms with E-state index in [4.69, 9.17) is 20.5 Å². The van der Waals surface area contributed by atoms with Crippen LogP contribution in [-0.2, 0) is 14.3 Å². The number of ether oxygens (including phenoxy) is 2. The Morgan fingerprint density at radius 3 is 3.00 bits per heavy atom. The van der Waals surface area contributed by atoms with Crippen LogP contribution in [0.4, 0.5) is 14.6 Å². The molecular weight excluding hydrogens is 360 g/mol. The molecule has 1 aromatic heterocycles. The van der Waals surface area contributed by atoms with E-state index in [-0.39, 0.29) is 42.5 Å². The molecule has 1 aliphatic rings. The number of hydrogen-bond donors (Lipinski definition) is 2. The number of benzene rings is 1. The van der Waals surface area contributed by atoms with Crippen LogP contribution in [0.25, 0.3) is 0 Å². The minimum atomic E-state index is -1.12. The van der Waals surface area contributed by atoms with Crippen molar-refractivity contribution in [2.24, 2.45) is 5.73 Å². The van der Waals surface area contributed by atoms with Gasteiger partial charge in [-0.2, -0.15) is 10.4 Å². The van der Waals surface area contributed by atoms with Crippen molar-refractivity contribution in [1.29, 1.82) is 5.26 Å². The van der Waals surface area contributed by atoms with Crippen LogP contribution in [0.1, 0.15) is 17.2 Å². The fraction of sp³-hybridized carbons (Fsp3) is 0.235. The molecule has 3 N–H and O–H groups in total. The first-order chi connectivity index (χ1) is 13.1. The van der Waals surface area contributed by atoms with E-state index in [1.165, 1.54) is 29.2 Å². The van der Waals surface area contributed by atoms with Gasteiger partial charge in [-0.15, -0.1) is 0 Å². The number of carbonyl (C=O) groups is 1. The summed E-state index contributed by atoms with van der Waals surface area (Å²) in [6.07, 6.45) is 2.54. The maximum atomic E-state index is 14.4. The van der Waals surface area contributed by atoms with Crippen LogP contribution in [0, 0.1) is 23.0 Å². The minimum Gasteiger partial charge on any atom is -0.435 e. The molecule has 0 saturated heterocycles. The van der Waals surface area contributed by atoms with E-state index in [1.54, 1.807) is 0 Å². The summed E-state index contributed by atoms with van der Waals surface area (Å²) in [6, 6.07) is 4.42. The highest BCUT2D eigenvalue weighted by molar-refractivity contribution is 5.91. The molecule has 140 valence electrons. The fourth-order valence-corrected chi connectivity index (χ4v) is 2.66. The van der Waals surface area contributed by atoms with Gasteiger partial charge in [0, 0.05) is 18.3 Å². The normalized spacial score (nSPS) is 15.3. The number of aromatic nitrogens is 2. The van der Waals surface area contributed by atoms with E-state index in [0.717, 1.165) is 6.07 Å². The lowest BCUT2D eigenvalue weighted by Crippen LogP contribution is -2.28. The quantitative estimate of drug-likeness (QED) is 0.446. The Balaban J connectivity index is 2.00. The summed E-state index contributed by atoms with van der Waals surface area (Å²) >= 11 is 0. The molecular formula is C17H15F2N5O3. The molecule has 8 nitrogen and oxygen atoms in total. The molecule has 0 aliphatic carbocycles. The second-order valence-electron chi connectivity index (χ2n) is 5.50. The number of fused-ring (bicyclic) bond motifs is 1. The number of nitrogens with zero attached hydrogens (tertiary/aromatic N) is 3. The largest absolute Gasteiger partial charge is 0.435 e. The highest BCUT2D eigenvalue weighted by atomic mass is 19.2. The zero-order valence-electron chi connectivity index (χ0n) is 14.0. The lowest BCUT2D eigenvalue weighted by atomic mass is 9.97. The molecule has 0 amide bonds. The van der Waals surface area contributed by atoms with E-state index in [2.05, 4.69) is 10.4 Å². The van der Waals surface area contributed by atoms with Crippen molar-refractivity contribution >= 4 is 11.8 Å². The molecule has 3 rings (SSSR count). The number of hydrogen-bond acceptors (Lipinski definition) is 7. The Kier molecular flexibility index (Phi) is 5.44. The van der Waals surface area contributed by atoms with Crippen molar-refractivity contribution in [3.05, 3.63) is 58.9 Å². The predicted molar refractivity (Wildman–Crippen MR) is 89.1 cm³/mol. The second kappa shape index (κ2) is 7.94. The molecule has 27 heavy (non-hydrogen) atoms. The van der Waals surface area contributed by atoms with Gasteiger partial charge in [-0.05, 0) is 6.07 Å². The highest BCUT2D eigenvalue weighted by Gasteiger charge is 2.34. The molecule has 0 bridgehead atoms. The van der Waals surface area contributed by atoms with Crippen molar-refractivity contribution in [3.8, 4) is 6.07 Å². The summed E-state index contributed by atoms with van der Waals surface area (Å²) in [4.78, 5) is 12.5. The maximum Gasteiger partial charge on any atom is 0.340 e. The molecule has 0 saturated carbocycles. The Morgan fingerprint density at radius 1 is 1.44 bits per heavy atom. The molecule has 0 fully saturated rings. The van der Waals surface area contributed by atoms with Crippen LogP contribution in [0.5, 0.6) is 0 Å². The smallest absolute Gasteiger partial charge is 0.340 e. The standard InChI is InChI=1S/C17H15F2N5O3/c18-13-3-1-2-11(14(13)19)15-12(17(25)27-9-26-5-4-20)8-22-16-10(6-21)7-23-24(15)16/h1-3,7-8,15,22H,4-5,9,20H2. The van der Waals surface area contributed by atoms with Gasteiger partial charge < -0.3 is 20.5 Å². The Morgan fingerprint density at radius 2 is 2.26 bits per heavy atom. The van der Waals surface area contributed by atoms with Gasteiger partial charge in [0.25, 0.3) is 0 Å². The molecule has 1 aliphatic heterocycles. The van der Waals surface area contributed by atoms with Gasteiger partial charge in [0.15, 0.2) is 18.4 Å². The third kappa shape index (κ3) is 3.51. The first-order valence-corrected chi connectivity index (χ1v) is 7.91. The molecule has 0 radical (unpaired) electrons. The number of carbonyl (C=O) groups excluding carboxylic acids is 1. The fourth-order valence-electron chi connectivity index (χ4n) is 2.66. The third-order valence-electron chi connectivity index (χ3n) is 3.87. The number of nitriles is 1. The molecule has 10 heteroatoms. The first kappa shape index (κ1) is 18.5. The molecule has 1 atom stereocenters. The van der Waals surface area contributed by atoms with Crippen LogP contribution in [0.15, 0.2) is 36.2 Å². The lowest BCUT2D eigenvalue weighted by Gasteiger charge is -2.26. The van der Waals surface area contributed by atoms with Crippen LogP contribution in [0.2, 0.25) is 0 Å². The maximum absolute atomic E-state index is 14.4. The summed E-state index contributed by atoms with van der Waals surface area (Å²) in [5.74, 6) is -2.75. The Labute approximate surface area is 152 Å². The number of anilines is 1. The van der Waals surface area contributed by atoms with Crippen molar-refractivity contribution < 1.29 is 23.0 Å². The Bertz CT molecular complexity index is 935. The van der Waals surface area contributed by atoms with E-state index < -0.39 is 23.6 Å². The van der Waals surface area contributed by atoms with Crippen molar-refractivity contribution in [1.82, 2.24) is 9.78 Å². The SMILES string of the molecule is N#Cc1cnn2c1NC=C(C(=O)OCOCCN)C2c1cccc(F)c1F. The van der Waals surface area contributed by atoms with Gasteiger partial charge in [-0.1, -0.05) is 12.1 Å². The molecule has 2 aromatic rings. The molecule has 0 spiro atoms. The van der Waals surface area contributed by atoms with Crippen LogP contribution in [-0.4, -0.2) is 35.7 Å². The zero-order chi connectivity index (χ0) is 19.4. The lowest BCUT2D eigenvalue weighted by molar-refractivity contribution is -0.151. The minimum absolute atomic E-state index is 0.0315. The van der Waals surface area contributed by atoms with E-state index in [0.29, 0.717) is 0 Å². The average Bonchev–Trinajstić information content (AvgIpc) is 3.10. The highest BCUT2D eigenvalue weighted by Crippen LogP contribution is 2.36. The van der Waals surface area contributed by atoms with Gasteiger partial charge in [0.2, 0.25) is 0 Å². The summed E-state index contributed by atoms with van der Waals surface area (Å²) in [5, 5.41) is 16.0. The number of nitrogens with two attached hydrogens (primary N) is 1. The number of esters is 1. The summed E-state index contributed by atoms with van der Waals surface area (Å²) in [6.45, 7) is 0.106.